The molecule has 1 amide bonds. The number of aromatic nitrogens is 3. The lowest BCUT2D eigenvalue weighted by Gasteiger charge is -2.31. The third-order valence-electron chi connectivity index (χ3n) is 6.38. The summed E-state index contributed by atoms with van der Waals surface area (Å²) in [6, 6.07) is 12.6. The van der Waals surface area contributed by atoms with E-state index < -0.39 is 0 Å². The number of likely N-dealkylation sites (tertiary alicyclic amines) is 1. The zero-order chi connectivity index (χ0) is 24.8. The van der Waals surface area contributed by atoms with Gasteiger partial charge in [-0.2, -0.15) is 0 Å². The van der Waals surface area contributed by atoms with E-state index in [1.165, 1.54) is 42.4 Å². The molecule has 1 unspecified atom stereocenters. The number of thioether (sulfide) groups is 1. The molecule has 0 saturated carbocycles. The normalized spacial score (nSPS) is 15.2. The molecule has 6 nitrogen and oxygen atoms in total. The first-order valence-corrected chi connectivity index (χ1v) is 13.0. The van der Waals surface area contributed by atoms with Gasteiger partial charge in [-0.1, -0.05) is 30.3 Å². The van der Waals surface area contributed by atoms with Crippen molar-refractivity contribution in [1.82, 2.24) is 24.6 Å². The number of amides is 1. The molecule has 1 aliphatic rings. The highest BCUT2D eigenvalue weighted by molar-refractivity contribution is 7.99. The number of carbonyl (C=O) groups is 1. The van der Waals surface area contributed by atoms with E-state index in [-0.39, 0.29) is 29.3 Å². The predicted octanol–water partition coefficient (Wildman–Crippen LogP) is 5.23. The van der Waals surface area contributed by atoms with Crippen molar-refractivity contribution in [1.29, 1.82) is 0 Å². The molecule has 186 valence electrons. The number of hydrogen-bond donors (Lipinski definition) is 0. The molecule has 1 aliphatic heterocycles. The quantitative estimate of drug-likeness (QED) is 0.377. The average molecular weight is 500 g/mol. The minimum Gasteiger partial charge on any atom is -0.338 e. The molecular weight excluding hydrogens is 468 g/mol. The molecule has 0 aliphatic carbocycles. The molecule has 1 aromatic heterocycles. The van der Waals surface area contributed by atoms with Crippen LogP contribution in [0.25, 0.3) is 5.69 Å². The Morgan fingerprint density at radius 1 is 1.06 bits per heavy atom. The fourth-order valence-corrected chi connectivity index (χ4v) is 5.26. The molecule has 0 N–H and O–H groups in total. The van der Waals surface area contributed by atoms with Gasteiger partial charge in [0.05, 0.1) is 11.8 Å². The van der Waals surface area contributed by atoms with E-state index >= 15 is 0 Å². The Labute approximate surface area is 209 Å². The van der Waals surface area contributed by atoms with Gasteiger partial charge in [-0.05, 0) is 81.7 Å². The summed E-state index contributed by atoms with van der Waals surface area (Å²) in [6.07, 6.45) is 3.55. The van der Waals surface area contributed by atoms with Gasteiger partial charge in [-0.15, -0.1) is 10.2 Å². The van der Waals surface area contributed by atoms with Gasteiger partial charge in [0.2, 0.25) is 5.91 Å². The van der Waals surface area contributed by atoms with Crippen LogP contribution in [-0.2, 0) is 11.3 Å². The van der Waals surface area contributed by atoms with Gasteiger partial charge in [-0.3, -0.25) is 14.3 Å². The van der Waals surface area contributed by atoms with Gasteiger partial charge < -0.3 is 4.90 Å². The highest BCUT2D eigenvalue weighted by Crippen LogP contribution is 2.29. The lowest BCUT2D eigenvalue weighted by Crippen LogP contribution is -2.33. The predicted molar refractivity (Wildman–Crippen MR) is 133 cm³/mol. The van der Waals surface area contributed by atoms with Crippen LogP contribution in [0.15, 0.2) is 53.7 Å². The number of carbonyl (C=O) groups excluding carboxylic acids is 1. The van der Waals surface area contributed by atoms with Crippen LogP contribution in [0.2, 0.25) is 0 Å². The number of nitrogens with zero attached hydrogens (tertiary/aromatic N) is 5. The summed E-state index contributed by atoms with van der Waals surface area (Å²) in [5.41, 5.74) is 1.51. The molecule has 1 atom stereocenters. The Bertz CT molecular complexity index is 1130. The highest BCUT2D eigenvalue weighted by atomic mass is 32.2. The standard InChI is InChI=1S/C26H31F2N5OS/c1-3-31(17-20-8-7-9-22(28)16-20)24(34)18-35-26-30-29-25(19(2)32-14-5-4-6-15-32)33(26)23-12-10-21(27)11-13-23/h7-13,16,19H,3-6,14-15,17-18H2,1-2H3. The van der Waals surface area contributed by atoms with E-state index in [1.807, 2.05) is 17.6 Å². The van der Waals surface area contributed by atoms with Gasteiger partial charge in [0, 0.05) is 18.8 Å². The van der Waals surface area contributed by atoms with Gasteiger partial charge in [0.25, 0.3) is 0 Å². The summed E-state index contributed by atoms with van der Waals surface area (Å²) >= 11 is 1.31. The second-order valence-corrected chi connectivity index (χ2v) is 9.69. The number of rotatable bonds is 9. The zero-order valence-corrected chi connectivity index (χ0v) is 21.0. The molecule has 35 heavy (non-hydrogen) atoms. The molecule has 2 heterocycles. The van der Waals surface area contributed by atoms with E-state index in [1.54, 1.807) is 23.1 Å². The van der Waals surface area contributed by atoms with Crippen molar-refractivity contribution in [3.63, 3.8) is 0 Å². The second kappa shape index (κ2) is 11.8. The van der Waals surface area contributed by atoms with Crippen molar-refractivity contribution in [3.8, 4) is 5.69 Å². The molecule has 2 aromatic carbocycles. The summed E-state index contributed by atoms with van der Waals surface area (Å²) in [7, 11) is 0. The molecule has 3 aromatic rings. The summed E-state index contributed by atoms with van der Waals surface area (Å²) < 4.78 is 29.1. The Morgan fingerprint density at radius 2 is 1.80 bits per heavy atom. The summed E-state index contributed by atoms with van der Waals surface area (Å²) in [5, 5.41) is 9.51. The van der Waals surface area contributed by atoms with Crippen LogP contribution >= 0.6 is 11.8 Å². The molecule has 0 spiro atoms. The summed E-state index contributed by atoms with van der Waals surface area (Å²) in [6.45, 7) is 6.88. The first kappa shape index (κ1) is 25.3. The SMILES string of the molecule is CCN(Cc1cccc(F)c1)C(=O)CSc1nnc(C(C)N2CCCCC2)n1-c1ccc(F)cc1. The zero-order valence-electron chi connectivity index (χ0n) is 20.2. The van der Waals surface area contributed by atoms with Gasteiger partial charge in [-0.25, -0.2) is 8.78 Å². The average Bonchev–Trinajstić information content (AvgIpc) is 3.30. The van der Waals surface area contributed by atoms with Crippen molar-refractivity contribution < 1.29 is 13.6 Å². The van der Waals surface area contributed by atoms with Crippen molar-refractivity contribution >= 4 is 17.7 Å². The number of benzene rings is 2. The maximum Gasteiger partial charge on any atom is 0.233 e. The van der Waals surface area contributed by atoms with Crippen molar-refractivity contribution in [3.05, 3.63) is 71.6 Å². The van der Waals surface area contributed by atoms with Gasteiger partial charge in [0.1, 0.15) is 11.6 Å². The highest BCUT2D eigenvalue weighted by Gasteiger charge is 2.26. The summed E-state index contributed by atoms with van der Waals surface area (Å²) in [5.74, 6) is 0.248. The molecule has 4 rings (SSSR count). The fourth-order valence-electron chi connectivity index (χ4n) is 4.40. The number of piperidine rings is 1. The topological polar surface area (TPSA) is 54.3 Å². The van der Waals surface area contributed by atoms with E-state index in [4.69, 9.17) is 0 Å². The summed E-state index contributed by atoms with van der Waals surface area (Å²) in [4.78, 5) is 17.1. The van der Waals surface area contributed by atoms with Gasteiger partial charge >= 0.3 is 0 Å². The van der Waals surface area contributed by atoms with Crippen LogP contribution in [0.4, 0.5) is 8.78 Å². The van der Waals surface area contributed by atoms with E-state index in [0.717, 1.165) is 43.0 Å². The van der Waals surface area contributed by atoms with Crippen LogP contribution in [0.3, 0.4) is 0 Å². The van der Waals surface area contributed by atoms with Crippen molar-refractivity contribution in [2.75, 3.05) is 25.4 Å². The molecule has 1 fully saturated rings. The Kier molecular flexibility index (Phi) is 8.51. The molecule has 0 bridgehead atoms. The van der Waals surface area contributed by atoms with E-state index in [0.29, 0.717) is 18.2 Å². The fraction of sp³-hybridized carbons (Fsp3) is 0.423. The monoisotopic (exact) mass is 499 g/mol. The Balaban J connectivity index is 1.53. The largest absolute Gasteiger partial charge is 0.338 e. The van der Waals surface area contributed by atoms with Crippen LogP contribution in [0.1, 0.15) is 50.5 Å². The van der Waals surface area contributed by atoms with Gasteiger partial charge in [0.15, 0.2) is 11.0 Å². The van der Waals surface area contributed by atoms with Crippen molar-refractivity contribution in [2.24, 2.45) is 0 Å². The second-order valence-electron chi connectivity index (χ2n) is 8.75. The minimum atomic E-state index is -0.317. The van der Waals surface area contributed by atoms with Crippen LogP contribution in [-0.4, -0.2) is 55.9 Å². The first-order valence-electron chi connectivity index (χ1n) is 12.1. The molecule has 9 heteroatoms. The molecular formula is C26H31F2N5OS. The maximum absolute atomic E-state index is 13.6. The number of hydrogen-bond acceptors (Lipinski definition) is 5. The third-order valence-corrected chi connectivity index (χ3v) is 7.29. The third kappa shape index (κ3) is 6.27. The van der Waals surface area contributed by atoms with Crippen LogP contribution < -0.4 is 0 Å². The van der Waals surface area contributed by atoms with Crippen LogP contribution in [0.5, 0.6) is 0 Å². The lowest BCUT2D eigenvalue weighted by molar-refractivity contribution is -0.128. The number of halogens is 2. The maximum atomic E-state index is 13.6. The molecule has 1 saturated heterocycles. The Morgan fingerprint density at radius 3 is 2.49 bits per heavy atom. The van der Waals surface area contributed by atoms with Crippen molar-refractivity contribution in [2.45, 2.75) is 50.9 Å². The lowest BCUT2D eigenvalue weighted by atomic mass is 10.1. The molecule has 0 radical (unpaired) electrons. The van der Waals surface area contributed by atoms with E-state index in [2.05, 4.69) is 22.0 Å². The minimum absolute atomic E-state index is 0.0398. The first-order chi connectivity index (χ1) is 17.0. The Hall–Kier alpha value is -2.78. The van der Waals surface area contributed by atoms with E-state index in [9.17, 15) is 13.6 Å². The van der Waals surface area contributed by atoms with Crippen LogP contribution in [0, 0.1) is 11.6 Å². The smallest absolute Gasteiger partial charge is 0.233 e.